The minimum atomic E-state index is -0.527. The highest BCUT2D eigenvalue weighted by molar-refractivity contribution is 6.31. The predicted molar refractivity (Wildman–Crippen MR) is 63.0 cm³/mol. The third kappa shape index (κ3) is 3.29. The highest BCUT2D eigenvalue weighted by atomic mass is 35.5. The van der Waals surface area contributed by atoms with Crippen LogP contribution < -0.4 is 5.73 Å². The number of ketones is 1. The number of hydrogen-bond acceptors (Lipinski definition) is 2. The third-order valence-corrected chi connectivity index (χ3v) is 2.78. The molecule has 4 heteroatoms. The van der Waals surface area contributed by atoms with Gasteiger partial charge in [0.05, 0.1) is 6.04 Å². The minimum Gasteiger partial charge on any atom is -0.321 e. The molecule has 0 fully saturated rings. The van der Waals surface area contributed by atoms with Crippen LogP contribution in [-0.4, -0.2) is 11.8 Å². The van der Waals surface area contributed by atoms with E-state index in [-0.39, 0.29) is 22.8 Å². The summed E-state index contributed by atoms with van der Waals surface area (Å²) in [7, 11) is 0. The van der Waals surface area contributed by atoms with Crippen molar-refractivity contribution in [1.29, 1.82) is 0 Å². The van der Waals surface area contributed by atoms with E-state index in [1.165, 1.54) is 12.1 Å². The zero-order valence-electron chi connectivity index (χ0n) is 9.17. The van der Waals surface area contributed by atoms with Crippen molar-refractivity contribution in [3.8, 4) is 0 Å². The average Bonchev–Trinajstić information content (AvgIpc) is 2.23. The number of carbonyl (C=O) groups excluding carboxylic acids is 1. The van der Waals surface area contributed by atoms with E-state index in [4.69, 9.17) is 17.3 Å². The molecule has 2 N–H and O–H groups in total. The van der Waals surface area contributed by atoms with Crippen LogP contribution in [0.4, 0.5) is 4.39 Å². The molecule has 0 aliphatic heterocycles. The average molecular weight is 244 g/mol. The van der Waals surface area contributed by atoms with E-state index in [0.717, 1.165) is 6.42 Å². The lowest BCUT2D eigenvalue weighted by Gasteiger charge is -2.10. The number of hydrogen-bond donors (Lipinski definition) is 1. The molecule has 0 radical (unpaired) electrons. The smallest absolute Gasteiger partial charge is 0.154 e. The van der Waals surface area contributed by atoms with Crippen molar-refractivity contribution in [3.05, 3.63) is 34.6 Å². The first kappa shape index (κ1) is 13.1. The van der Waals surface area contributed by atoms with E-state index < -0.39 is 11.9 Å². The number of benzene rings is 1. The van der Waals surface area contributed by atoms with E-state index in [1.54, 1.807) is 6.07 Å². The van der Waals surface area contributed by atoms with Gasteiger partial charge in [-0.3, -0.25) is 4.79 Å². The molecule has 0 bridgehead atoms. The van der Waals surface area contributed by atoms with Gasteiger partial charge in [-0.05, 0) is 18.6 Å². The van der Waals surface area contributed by atoms with Crippen LogP contribution in [0.5, 0.6) is 0 Å². The fraction of sp³-hybridized carbons (Fsp3) is 0.417. The van der Waals surface area contributed by atoms with Gasteiger partial charge >= 0.3 is 0 Å². The number of Topliss-reactive ketones (excluding diaryl/α,β-unsaturated/α-hetero) is 1. The summed E-state index contributed by atoms with van der Waals surface area (Å²) in [5.41, 5.74) is 5.90. The molecule has 0 aliphatic rings. The molecular weight excluding hydrogens is 229 g/mol. The Morgan fingerprint density at radius 3 is 2.81 bits per heavy atom. The predicted octanol–water partition coefficient (Wildman–Crippen LogP) is 2.72. The Morgan fingerprint density at radius 2 is 2.25 bits per heavy atom. The van der Waals surface area contributed by atoms with Gasteiger partial charge in [-0.25, -0.2) is 4.39 Å². The molecule has 0 aromatic heterocycles. The molecule has 1 unspecified atom stereocenters. The van der Waals surface area contributed by atoms with Gasteiger partial charge in [-0.15, -0.1) is 0 Å². The summed E-state index contributed by atoms with van der Waals surface area (Å²) in [6, 6.07) is 3.84. The molecule has 1 aromatic rings. The maximum atomic E-state index is 13.4. The first-order valence-electron chi connectivity index (χ1n) is 5.27. The topological polar surface area (TPSA) is 43.1 Å². The summed E-state index contributed by atoms with van der Waals surface area (Å²) in [4.78, 5) is 11.7. The molecule has 1 atom stereocenters. The molecule has 2 nitrogen and oxygen atoms in total. The molecule has 88 valence electrons. The van der Waals surface area contributed by atoms with Crippen molar-refractivity contribution in [2.45, 2.75) is 32.2 Å². The monoisotopic (exact) mass is 243 g/mol. The molecule has 0 amide bonds. The first-order chi connectivity index (χ1) is 7.56. The van der Waals surface area contributed by atoms with Crippen molar-refractivity contribution in [1.82, 2.24) is 0 Å². The van der Waals surface area contributed by atoms with Crippen LogP contribution >= 0.6 is 11.6 Å². The second-order valence-electron chi connectivity index (χ2n) is 3.74. The van der Waals surface area contributed by atoms with Crippen LogP contribution in [0.25, 0.3) is 0 Å². The lowest BCUT2D eigenvalue weighted by molar-refractivity contribution is -0.119. The summed E-state index contributed by atoms with van der Waals surface area (Å²) in [6.07, 6.45) is 1.41. The zero-order chi connectivity index (χ0) is 12.1. The van der Waals surface area contributed by atoms with E-state index >= 15 is 0 Å². The highest BCUT2D eigenvalue weighted by Gasteiger charge is 2.16. The Kier molecular flexibility index (Phi) is 4.90. The molecule has 0 saturated heterocycles. The molecule has 1 aromatic carbocycles. The minimum absolute atomic E-state index is 0.0350. The van der Waals surface area contributed by atoms with Gasteiger partial charge in [0.1, 0.15) is 5.82 Å². The summed E-state index contributed by atoms with van der Waals surface area (Å²) >= 11 is 5.82. The third-order valence-electron chi connectivity index (χ3n) is 2.43. The van der Waals surface area contributed by atoms with Gasteiger partial charge in [0.2, 0.25) is 0 Å². The highest BCUT2D eigenvalue weighted by Crippen LogP contribution is 2.20. The maximum absolute atomic E-state index is 13.4. The van der Waals surface area contributed by atoms with Gasteiger partial charge in [-0.2, -0.15) is 0 Å². The Morgan fingerprint density at radius 1 is 1.56 bits per heavy atom. The number of nitrogens with two attached hydrogens (primary N) is 1. The molecule has 0 heterocycles. The van der Waals surface area contributed by atoms with Crippen LogP contribution in [0.2, 0.25) is 5.02 Å². The lowest BCUT2D eigenvalue weighted by atomic mass is 10.0. The second kappa shape index (κ2) is 5.97. The molecular formula is C12H15ClFNO. The Balaban J connectivity index is 2.77. The van der Waals surface area contributed by atoms with Gasteiger partial charge in [0.25, 0.3) is 0 Å². The largest absolute Gasteiger partial charge is 0.321 e. The van der Waals surface area contributed by atoms with Crippen molar-refractivity contribution in [3.63, 3.8) is 0 Å². The summed E-state index contributed by atoms with van der Waals surface area (Å²) in [6.45, 7) is 1.95. The Bertz CT molecular complexity index is 361. The van der Waals surface area contributed by atoms with E-state index in [0.29, 0.717) is 6.42 Å². The maximum Gasteiger partial charge on any atom is 0.154 e. The van der Waals surface area contributed by atoms with Crippen molar-refractivity contribution in [2.24, 2.45) is 5.73 Å². The van der Waals surface area contributed by atoms with Crippen LogP contribution in [-0.2, 0) is 11.2 Å². The SMILES string of the molecule is CCCC(N)C(=O)Cc1c(F)cccc1Cl. The van der Waals surface area contributed by atoms with Crippen LogP contribution in [0.3, 0.4) is 0 Å². The molecule has 0 aliphatic carbocycles. The first-order valence-corrected chi connectivity index (χ1v) is 5.65. The van der Waals surface area contributed by atoms with E-state index in [1.807, 2.05) is 6.92 Å². The quantitative estimate of drug-likeness (QED) is 0.864. The lowest BCUT2D eigenvalue weighted by Crippen LogP contribution is -2.31. The number of halogens is 2. The van der Waals surface area contributed by atoms with Gasteiger partial charge < -0.3 is 5.73 Å². The standard InChI is InChI=1S/C12H15ClFNO/c1-2-4-11(15)12(16)7-8-9(13)5-3-6-10(8)14/h3,5-6,11H,2,4,7,15H2,1H3. The van der Waals surface area contributed by atoms with Crippen LogP contribution in [0.15, 0.2) is 18.2 Å². The van der Waals surface area contributed by atoms with Crippen LogP contribution in [0.1, 0.15) is 25.3 Å². The van der Waals surface area contributed by atoms with Gasteiger partial charge in [-0.1, -0.05) is 31.0 Å². The summed E-state index contributed by atoms with van der Waals surface area (Å²) in [5, 5.41) is 0.275. The van der Waals surface area contributed by atoms with Crippen molar-refractivity contribution in [2.75, 3.05) is 0 Å². The number of rotatable bonds is 5. The zero-order valence-corrected chi connectivity index (χ0v) is 9.93. The van der Waals surface area contributed by atoms with Crippen LogP contribution in [0, 0.1) is 5.82 Å². The molecule has 0 spiro atoms. The fourth-order valence-electron chi connectivity index (χ4n) is 1.48. The summed E-state index contributed by atoms with van der Waals surface area (Å²) < 4.78 is 13.4. The normalized spacial score (nSPS) is 12.5. The van der Waals surface area contributed by atoms with Crippen molar-refractivity contribution < 1.29 is 9.18 Å². The summed E-state index contributed by atoms with van der Waals surface area (Å²) in [5.74, 6) is -0.626. The number of carbonyl (C=O) groups is 1. The van der Waals surface area contributed by atoms with E-state index in [2.05, 4.69) is 0 Å². The van der Waals surface area contributed by atoms with Crippen molar-refractivity contribution >= 4 is 17.4 Å². The Labute approximate surface area is 99.6 Å². The van der Waals surface area contributed by atoms with Gasteiger partial charge in [0.15, 0.2) is 5.78 Å². The molecule has 1 rings (SSSR count). The van der Waals surface area contributed by atoms with Gasteiger partial charge in [0, 0.05) is 17.0 Å². The second-order valence-corrected chi connectivity index (χ2v) is 4.15. The molecule has 16 heavy (non-hydrogen) atoms. The fourth-order valence-corrected chi connectivity index (χ4v) is 1.71. The molecule has 0 saturated carbocycles. The Hall–Kier alpha value is -0.930. The van der Waals surface area contributed by atoms with E-state index in [9.17, 15) is 9.18 Å².